The molecule has 6 heteroatoms. The van der Waals surface area contributed by atoms with Crippen LogP contribution in [0.4, 0.5) is 5.69 Å². The molecule has 2 aliphatic heterocycles. The van der Waals surface area contributed by atoms with Crippen molar-refractivity contribution in [1.29, 1.82) is 0 Å². The molecule has 1 aromatic carbocycles. The van der Waals surface area contributed by atoms with Crippen LogP contribution in [0, 0.1) is 12.8 Å². The SMILES string of the molecule is Cc1nc(-c2ccc(N3CCC(C(=O)N4CCCN(C(C)C)CC4)CC3)cc2)co1. The quantitative estimate of drug-likeness (QED) is 0.767. The molecule has 162 valence electrons. The zero-order valence-electron chi connectivity index (χ0n) is 18.5. The van der Waals surface area contributed by atoms with E-state index in [0.717, 1.165) is 69.8 Å². The van der Waals surface area contributed by atoms with E-state index in [1.54, 1.807) is 6.26 Å². The van der Waals surface area contributed by atoms with Crippen molar-refractivity contribution in [3.8, 4) is 11.3 Å². The van der Waals surface area contributed by atoms with Crippen molar-refractivity contribution in [2.24, 2.45) is 5.92 Å². The summed E-state index contributed by atoms with van der Waals surface area (Å²) in [4.78, 5) is 24.5. The Hall–Kier alpha value is -2.34. The van der Waals surface area contributed by atoms with Gasteiger partial charge in [0, 0.05) is 69.4 Å². The normalized spacial score (nSPS) is 19.3. The van der Waals surface area contributed by atoms with Crippen LogP contribution in [-0.2, 0) is 4.79 Å². The molecule has 0 atom stereocenters. The molecule has 0 unspecified atom stereocenters. The zero-order chi connectivity index (χ0) is 21.1. The molecule has 1 aromatic heterocycles. The molecule has 2 fully saturated rings. The Morgan fingerprint density at radius 1 is 1.03 bits per heavy atom. The number of hydrogen-bond acceptors (Lipinski definition) is 5. The van der Waals surface area contributed by atoms with Gasteiger partial charge in [-0.1, -0.05) is 12.1 Å². The first-order valence-corrected chi connectivity index (χ1v) is 11.3. The fourth-order valence-corrected chi connectivity index (χ4v) is 4.66. The van der Waals surface area contributed by atoms with E-state index in [1.165, 1.54) is 5.69 Å². The van der Waals surface area contributed by atoms with E-state index in [9.17, 15) is 4.79 Å². The summed E-state index contributed by atoms with van der Waals surface area (Å²) in [6.45, 7) is 12.1. The van der Waals surface area contributed by atoms with Gasteiger partial charge in [-0.3, -0.25) is 9.69 Å². The highest BCUT2D eigenvalue weighted by Crippen LogP contribution is 2.27. The molecule has 2 aliphatic rings. The van der Waals surface area contributed by atoms with Crippen LogP contribution < -0.4 is 4.90 Å². The minimum atomic E-state index is 0.171. The van der Waals surface area contributed by atoms with Gasteiger partial charge in [0.1, 0.15) is 12.0 Å². The van der Waals surface area contributed by atoms with Gasteiger partial charge in [-0.2, -0.15) is 0 Å². The van der Waals surface area contributed by atoms with Gasteiger partial charge < -0.3 is 14.2 Å². The molecule has 0 spiro atoms. The minimum Gasteiger partial charge on any atom is -0.449 e. The van der Waals surface area contributed by atoms with Crippen LogP contribution in [0.5, 0.6) is 0 Å². The third kappa shape index (κ3) is 4.69. The van der Waals surface area contributed by atoms with Gasteiger partial charge in [-0.25, -0.2) is 4.98 Å². The standard InChI is InChI=1S/C24H34N4O2/c1-18(2)26-11-4-12-28(16-15-26)24(29)21-9-13-27(14-10-21)22-7-5-20(6-8-22)23-17-30-19(3)25-23/h5-8,17-18,21H,4,9-16H2,1-3H3. The Morgan fingerprint density at radius 3 is 2.40 bits per heavy atom. The summed E-state index contributed by atoms with van der Waals surface area (Å²) in [6.07, 6.45) is 4.66. The molecule has 0 aliphatic carbocycles. The second-order valence-corrected chi connectivity index (χ2v) is 8.87. The molecule has 2 saturated heterocycles. The zero-order valence-corrected chi connectivity index (χ0v) is 18.5. The van der Waals surface area contributed by atoms with E-state index >= 15 is 0 Å². The molecule has 0 saturated carbocycles. The summed E-state index contributed by atoms with van der Waals surface area (Å²) in [5.41, 5.74) is 3.15. The molecule has 6 nitrogen and oxygen atoms in total. The number of carbonyl (C=O) groups excluding carboxylic acids is 1. The van der Waals surface area contributed by atoms with Crippen molar-refractivity contribution >= 4 is 11.6 Å². The third-order valence-corrected chi connectivity index (χ3v) is 6.56. The van der Waals surface area contributed by atoms with Gasteiger partial charge in [-0.05, 0) is 45.2 Å². The Bertz CT molecular complexity index is 837. The summed E-state index contributed by atoms with van der Waals surface area (Å²) in [7, 11) is 0. The first kappa shape index (κ1) is 20.9. The van der Waals surface area contributed by atoms with Crippen LogP contribution in [0.3, 0.4) is 0 Å². The van der Waals surface area contributed by atoms with Crippen LogP contribution in [0.2, 0.25) is 0 Å². The lowest BCUT2D eigenvalue weighted by molar-refractivity contribution is -0.136. The molecule has 4 rings (SSSR count). The van der Waals surface area contributed by atoms with Gasteiger partial charge in [0.25, 0.3) is 0 Å². The highest BCUT2D eigenvalue weighted by atomic mass is 16.3. The molecular weight excluding hydrogens is 376 g/mol. The summed E-state index contributed by atoms with van der Waals surface area (Å²) in [6, 6.07) is 9.06. The van der Waals surface area contributed by atoms with E-state index in [0.29, 0.717) is 17.8 Å². The monoisotopic (exact) mass is 410 g/mol. The van der Waals surface area contributed by atoms with Crippen molar-refractivity contribution < 1.29 is 9.21 Å². The van der Waals surface area contributed by atoms with Gasteiger partial charge in [0.2, 0.25) is 5.91 Å². The number of piperidine rings is 1. The van der Waals surface area contributed by atoms with E-state index in [2.05, 4.69) is 57.8 Å². The third-order valence-electron chi connectivity index (χ3n) is 6.56. The largest absolute Gasteiger partial charge is 0.449 e. The number of rotatable bonds is 4. The number of amides is 1. The van der Waals surface area contributed by atoms with Crippen LogP contribution in [0.15, 0.2) is 34.9 Å². The minimum absolute atomic E-state index is 0.171. The fraction of sp³-hybridized carbons (Fsp3) is 0.583. The molecule has 0 radical (unpaired) electrons. The number of nitrogens with zero attached hydrogens (tertiary/aromatic N) is 4. The smallest absolute Gasteiger partial charge is 0.225 e. The average Bonchev–Trinajstić information content (AvgIpc) is 3.05. The average molecular weight is 411 g/mol. The van der Waals surface area contributed by atoms with Gasteiger partial charge in [-0.15, -0.1) is 0 Å². The lowest BCUT2D eigenvalue weighted by atomic mass is 9.94. The van der Waals surface area contributed by atoms with Crippen molar-refractivity contribution in [2.75, 3.05) is 44.2 Å². The summed E-state index contributed by atoms with van der Waals surface area (Å²) >= 11 is 0. The molecule has 0 N–H and O–H groups in total. The Balaban J connectivity index is 1.31. The van der Waals surface area contributed by atoms with Crippen molar-refractivity contribution in [2.45, 2.75) is 46.1 Å². The van der Waals surface area contributed by atoms with Gasteiger partial charge in [0.05, 0.1) is 0 Å². The Labute approximate surface area is 179 Å². The van der Waals surface area contributed by atoms with Crippen LogP contribution >= 0.6 is 0 Å². The van der Waals surface area contributed by atoms with Crippen molar-refractivity contribution in [1.82, 2.24) is 14.8 Å². The van der Waals surface area contributed by atoms with Crippen molar-refractivity contribution in [3.05, 3.63) is 36.4 Å². The fourth-order valence-electron chi connectivity index (χ4n) is 4.66. The van der Waals surface area contributed by atoms with Crippen molar-refractivity contribution in [3.63, 3.8) is 0 Å². The maximum absolute atomic E-state index is 13.1. The number of oxazole rings is 1. The van der Waals surface area contributed by atoms with Gasteiger partial charge >= 0.3 is 0 Å². The summed E-state index contributed by atoms with van der Waals surface area (Å²) in [5, 5.41) is 0. The van der Waals surface area contributed by atoms with Crippen LogP contribution in [0.1, 0.15) is 39.0 Å². The molecule has 3 heterocycles. The lowest BCUT2D eigenvalue weighted by Crippen LogP contribution is -2.44. The predicted octanol–water partition coefficient (Wildman–Crippen LogP) is 3.81. The number of aryl methyl sites for hydroxylation is 1. The first-order valence-electron chi connectivity index (χ1n) is 11.3. The van der Waals surface area contributed by atoms with Gasteiger partial charge in [0.15, 0.2) is 5.89 Å². The molecular formula is C24H34N4O2. The second-order valence-electron chi connectivity index (χ2n) is 8.87. The summed E-state index contributed by atoms with van der Waals surface area (Å²) in [5.74, 6) is 1.23. The highest BCUT2D eigenvalue weighted by molar-refractivity contribution is 5.79. The highest BCUT2D eigenvalue weighted by Gasteiger charge is 2.30. The topological polar surface area (TPSA) is 52.8 Å². The number of aromatic nitrogens is 1. The number of anilines is 1. The van der Waals surface area contributed by atoms with Crippen LogP contribution in [0.25, 0.3) is 11.3 Å². The van der Waals surface area contributed by atoms with Crippen LogP contribution in [-0.4, -0.2) is 66.0 Å². The first-order chi connectivity index (χ1) is 14.5. The summed E-state index contributed by atoms with van der Waals surface area (Å²) < 4.78 is 5.31. The van der Waals surface area contributed by atoms with E-state index in [-0.39, 0.29) is 5.92 Å². The molecule has 0 bridgehead atoms. The number of benzene rings is 1. The Kier molecular flexibility index (Phi) is 6.42. The maximum atomic E-state index is 13.1. The van der Waals surface area contributed by atoms with E-state index in [4.69, 9.17) is 4.42 Å². The number of carbonyl (C=O) groups is 1. The molecule has 1 amide bonds. The van der Waals surface area contributed by atoms with E-state index < -0.39 is 0 Å². The number of hydrogen-bond donors (Lipinski definition) is 0. The maximum Gasteiger partial charge on any atom is 0.225 e. The predicted molar refractivity (Wildman–Crippen MR) is 120 cm³/mol. The Morgan fingerprint density at radius 2 is 1.77 bits per heavy atom. The lowest BCUT2D eigenvalue weighted by Gasteiger charge is -2.35. The molecule has 2 aromatic rings. The second kappa shape index (κ2) is 9.21. The van der Waals surface area contributed by atoms with E-state index in [1.807, 2.05) is 6.92 Å². The molecule has 30 heavy (non-hydrogen) atoms.